The second-order valence-corrected chi connectivity index (χ2v) is 3.32. The van der Waals surface area contributed by atoms with Gasteiger partial charge >= 0.3 is 0 Å². The Morgan fingerprint density at radius 2 is 2.21 bits per heavy atom. The molecule has 0 bridgehead atoms. The van der Waals surface area contributed by atoms with E-state index in [0.29, 0.717) is 16.6 Å². The van der Waals surface area contributed by atoms with Gasteiger partial charge in [-0.3, -0.25) is 0 Å². The van der Waals surface area contributed by atoms with E-state index in [1.54, 1.807) is 6.92 Å². The van der Waals surface area contributed by atoms with E-state index in [1.165, 1.54) is 13.2 Å². The van der Waals surface area contributed by atoms with Gasteiger partial charge in [-0.25, -0.2) is 13.8 Å². The van der Waals surface area contributed by atoms with Crippen LogP contribution in [-0.4, -0.2) is 12.1 Å². The van der Waals surface area contributed by atoms with Crippen LogP contribution in [0.25, 0.3) is 0 Å². The Hall–Kier alpha value is -0.710. The highest BCUT2D eigenvalue weighted by Gasteiger charge is 2.15. The summed E-state index contributed by atoms with van der Waals surface area (Å²) in [6.07, 6.45) is -2.50. The molecule has 0 aliphatic carbocycles. The van der Waals surface area contributed by atoms with Crippen LogP contribution in [-0.2, 0) is 5.33 Å². The highest BCUT2D eigenvalue weighted by atomic mass is 79.9. The Morgan fingerprint density at radius 3 is 2.64 bits per heavy atom. The number of ether oxygens (including phenoxy) is 1. The molecule has 0 aliphatic heterocycles. The summed E-state index contributed by atoms with van der Waals surface area (Å²) in [5.41, 5.74) is 1.07. The van der Waals surface area contributed by atoms with E-state index in [2.05, 4.69) is 20.9 Å². The molecule has 78 valence electrons. The van der Waals surface area contributed by atoms with Gasteiger partial charge in [0.05, 0.1) is 12.8 Å². The number of pyridine rings is 1. The number of aromatic nitrogens is 1. The molecule has 0 N–H and O–H groups in total. The molecule has 1 aromatic heterocycles. The molecule has 0 atom stereocenters. The zero-order chi connectivity index (χ0) is 10.7. The molecule has 0 aliphatic rings. The van der Waals surface area contributed by atoms with Crippen LogP contribution in [0.4, 0.5) is 8.78 Å². The molecule has 0 aromatic carbocycles. The van der Waals surface area contributed by atoms with Crippen LogP contribution >= 0.6 is 15.9 Å². The van der Waals surface area contributed by atoms with Gasteiger partial charge < -0.3 is 4.74 Å². The van der Waals surface area contributed by atoms with E-state index in [1.807, 2.05) is 0 Å². The van der Waals surface area contributed by atoms with Crippen LogP contribution < -0.4 is 4.74 Å². The third-order valence-electron chi connectivity index (χ3n) is 1.96. The van der Waals surface area contributed by atoms with E-state index < -0.39 is 6.43 Å². The molecule has 0 saturated carbocycles. The molecule has 1 rings (SSSR count). The molecular formula is C9H10BrF2NO. The molecule has 1 aromatic rings. The van der Waals surface area contributed by atoms with Crippen molar-refractivity contribution >= 4 is 15.9 Å². The average molecular weight is 266 g/mol. The normalized spacial score (nSPS) is 10.7. The molecule has 14 heavy (non-hydrogen) atoms. The Kier molecular flexibility index (Phi) is 3.80. The fourth-order valence-electron chi connectivity index (χ4n) is 1.12. The van der Waals surface area contributed by atoms with Crippen molar-refractivity contribution in [1.29, 1.82) is 0 Å². The second-order valence-electron chi connectivity index (χ2n) is 2.76. The standard InChI is InChI=1S/C9H10BrF2NO/c1-5-6(9(11)12)3-8(14-2)13-7(5)4-10/h3,9H,4H2,1-2H3. The quantitative estimate of drug-likeness (QED) is 0.783. The maximum atomic E-state index is 12.6. The summed E-state index contributed by atoms with van der Waals surface area (Å²) >= 11 is 3.19. The predicted octanol–water partition coefficient (Wildman–Crippen LogP) is 3.23. The van der Waals surface area contributed by atoms with E-state index in [-0.39, 0.29) is 11.4 Å². The number of hydrogen-bond donors (Lipinski definition) is 0. The summed E-state index contributed by atoms with van der Waals surface area (Å²) in [7, 11) is 1.41. The van der Waals surface area contributed by atoms with Crippen LogP contribution in [0.5, 0.6) is 5.88 Å². The van der Waals surface area contributed by atoms with E-state index in [9.17, 15) is 8.78 Å². The fourth-order valence-corrected chi connectivity index (χ4v) is 1.66. The summed E-state index contributed by atoms with van der Waals surface area (Å²) < 4.78 is 30.0. The molecular weight excluding hydrogens is 256 g/mol. The lowest BCUT2D eigenvalue weighted by molar-refractivity contribution is 0.150. The molecule has 0 saturated heterocycles. The lowest BCUT2D eigenvalue weighted by Crippen LogP contribution is -2.00. The molecule has 5 heteroatoms. The molecule has 0 unspecified atom stereocenters. The van der Waals surface area contributed by atoms with Gasteiger partial charge in [-0.05, 0) is 12.5 Å². The van der Waals surface area contributed by atoms with Crippen LogP contribution in [0, 0.1) is 6.92 Å². The number of rotatable bonds is 3. The molecule has 0 amide bonds. The first-order valence-electron chi connectivity index (χ1n) is 3.98. The van der Waals surface area contributed by atoms with Crippen molar-refractivity contribution in [3.8, 4) is 5.88 Å². The van der Waals surface area contributed by atoms with Gasteiger partial charge in [-0.15, -0.1) is 0 Å². The van der Waals surface area contributed by atoms with Crippen LogP contribution in [0.1, 0.15) is 23.2 Å². The van der Waals surface area contributed by atoms with E-state index >= 15 is 0 Å². The van der Waals surface area contributed by atoms with Crippen molar-refractivity contribution in [3.63, 3.8) is 0 Å². The molecule has 0 fully saturated rings. The summed E-state index contributed by atoms with van der Waals surface area (Å²) in [6.45, 7) is 1.63. The highest BCUT2D eigenvalue weighted by molar-refractivity contribution is 9.08. The van der Waals surface area contributed by atoms with Crippen molar-refractivity contribution in [3.05, 3.63) is 22.9 Å². The van der Waals surface area contributed by atoms with Gasteiger partial charge in [-0.2, -0.15) is 0 Å². The number of hydrogen-bond acceptors (Lipinski definition) is 2. The van der Waals surface area contributed by atoms with Gasteiger partial charge in [0, 0.05) is 17.0 Å². The summed E-state index contributed by atoms with van der Waals surface area (Å²) in [6, 6.07) is 1.27. The Bertz CT molecular complexity index is 331. The zero-order valence-electron chi connectivity index (χ0n) is 7.85. The minimum atomic E-state index is -2.50. The monoisotopic (exact) mass is 265 g/mol. The molecule has 0 spiro atoms. The van der Waals surface area contributed by atoms with E-state index in [0.717, 1.165) is 0 Å². The van der Waals surface area contributed by atoms with Crippen molar-refractivity contribution < 1.29 is 13.5 Å². The van der Waals surface area contributed by atoms with Crippen LogP contribution in [0.2, 0.25) is 0 Å². The van der Waals surface area contributed by atoms with Crippen molar-refractivity contribution in [2.45, 2.75) is 18.7 Å². The van der Waals surface area contributed by atoms with Crippen molar-refractivity contribution in [2.75, 3.05) is 7.11 Å². The summed E-state index contributed by atoms with van der Waals surface area (Å²) in [5, 5.41) is 0.440. The van der Waals surface area contributed by atoms with Gasteiger partial charge in [0.1, 0.15) is 0 Å². The second kappa shape index (κ2) is 4.68. The van der Waals surface area contributed by atoms with Gasteiger partial charge in [0.2, 0.25) is 5.88 Å². The lowest BCUT2D eigenvalue weighted by atomic mass is 10.1. The van der Waals surface area contributed by atoms with Crippen molar-refractivity contribution in [2.24, 2.45) is 0 Å². The third-order valence-corrected chi connectivity index (χ3v) is 2.49. The lowest BCUT2D eigenvalue weighted by Gasteiger charge is -2.10. The first-order valence-corrected chi connectivity index (χ1v) is 5.10. The first kappa shape index (κ1) is 11.4. The number of methoxy groups -OCH3 is 1. The number of nitrogens with zero attached hydrogens (tertiary/aromatic N) is 1. The molecule has 2 nitrogen and oxygen atoms in total. The predicted molar refractivity (Wildman–Crippen MR) is 53.1 cm³/mol. The Labute approximate surface area is 89.4 Å². The Morgan fingerprint density at radius 1 is 1.57 bits per heavy atom. The average Bonchev–Trinajstić information content (AvgIpc) is 2.17. The number of alkyl halides is 3. The van der Waals surface area contributed by atoms with Crippen LogP contribution in [0.15, 0.2) is 6.07 Å². The molecule has 1 heterocycles. The maximum Gasteiger partial charge on any atom is 0.264 e. The van der Waals surface area contributed by atoms with E-state index in [4.69, 9.17) is 4.74 Å². The number of halogens is 3. The highest BCUT2D eigenvalue weighted by Crippen LogP contribution is 2.28. The van der Waals surface area contributed by atoms with Gasteiger partial charge in [-0.1, -0.05) is 15.9 Å². The minimum absolute atomic E-state index is 0.0219. The van der Waals surface area contributed by atoms with Crippen molar-refractivity contribution in [1.82, 2.24) is 4.98 Å². The maximum absolute atomic E-state index is 12.6. The summed E-state index contributed by atoms with van der Waals surface area (Å²) in [5.74, 6) is 0.223. The van der Waals surface area contributed by atoms with Gasteiger partial charge in [0.15, 0.2) is 0 Å². The smallest absolute Gasteiger partial charge is 0.264 e. The summed E-state index contributed by atoms with van der Waals surface area (Å²) in [4.78, 5) is 4.05. The third kappa shape index (κ3) is 2.20. The first-order chi connectivity index (χ1) is 6.60. The fraction of sp³-hybridized carbons (Fsp3) is 0.444. The SMILES string of the molecule is COc1cc(C(F)F)c(C)c(CBr)n1. The topological polar surface area (TPSA) is 22.1 Å². The van der Waals surface area contributed by atoms with Crippen LogP contribution in [0.3, 0.4) is 0 Å². The Balaban J connectivity index is 3.27. The largest absolute Gasteiger partial charge is 0.481 e. The molecule has 0 radical (unpaired) electrons. The minimum Gasteiger partial charge on any atom is -0.481 e. The zero-order valence-corrected chi connectivity index (χ0v) is 9.44. The van der Waals surface area contributed by atoms with Gasteiger partial charge in [0.25, 0.3) is 6.43 Å².